The molecular weight excluding hydrogens is 306 g/mol. The molecule has 0 atom stereocenters. The molecule has 0 amide bonds. The van der Waals surface area contributed by atoms with Gasteiger partial charge in [-0.05, 0) is 31.0 Å². The molecule has 1 nitrogen and oxygen atoms in total. The van der Waals surface area contributed by atoms with Crippen molar-refractivity contribution in [1.29, 1.82) is 0 Å². The summed E-state index contributed by atoms with van der Waals surface area (Å²) in [6.45, 7) is 3.52. The summed E-state index contributed by atoms with van der Waals surface area (Å²) in [5.74, 6) is 0. The van der Waals surface area contributed by atoms with Crippen LogP contribution in [0.3, 0.4) is 0 Å². The molecule has 0 bridgehead atoms. The molecule has 88 valence electrons. The van der Waals surface area contributed by atoms with Crippen LogP contribution in [0.1, 0.15) is 11.1 Å². The minimum Gasteiger partial charge on any atom is -0.232 e. The summed E-state index contributed by atoms with van der Waals surface area (Å²) < 4.78 is 37.2. The Morgan fingerprint density at radius 1 is 1.25 bits per heavy atom. The van der Waals surface area contributed by atoms with Gasteiger partial charge < -0.3 is 0 Å². The zero-order valence-corrected chi connectivity index (χ0v) is 10.8. The average Bonchev–Trinajstić information content (AvgIpc) is 2.12. The van der Waals surface area contributed by atoms with E-state index in [9.17, 15) is 13.2 Å². The van der Waals surface area contributed by atoms with E-state index in [1.54, 1.807) is 13.0 Å². The Bertz CT molecular complexity index is 440. The van der Waals surface area contributed by atoms with Crippen LogP contribution in [0.15, 0.2) is 21.6 Å². The van der Waals surface area contributed by atoms with Gasteiger partial charge >= 0.3 is 6.18 Å². The van der Waals surface area contributed by atoms with Crippen LogP contribution >= 0.6 is 27.5 Å². The molecule has 0 saturated heterocycles. The lowest BCUT2D eigenvalue weighted by Gasteiger charge is -2.07. The highest BCUT2D eigenvalue weighted by Gasteiger charge is 2.34. The molecule has 0 heterocycles. The monoisotopic (exact) mass is 313 g/mol. The summed E-state index contributed by atoms with van der Waals surface area (Å²) in [5, 5.41) is -1.37. The molecule has 1 aromatic carbocycles. The molecule has 0 fully saturated rings. The highest BCUT2D eigenvalue weighted by molar-refractivity contribution is 9.10. The highest BCUT2D eigenvalue weighted by atomic mass is 79.9. The zero-order chi connectivity index (χ0) is 12.5. The molecule has 0 aliphatic rings. The smallest absolute Gasteiger partial charge is 0.232 e. The van der Waals surface area contributed by atoms with Crippen molar-refractivity contribution in [3.63, 3.8) is 0 Å². The standard InChI is InChI=1S/C10H8BrClF3N/c1-5-3-6(2)8(4-7(5)11)16-9(12)10(13,14)15/h3-4H,1-2H3. The first-order valence-corrected chi connectivity index (χ1v) is 5.47. The van der Waals surface area contributed by atoms with Crippen molar-refractivity contribution in [3.8, 4) is 0 Å². The van der Waals surface area contributed by atoms with Crippen LogP contribution in [-0.2, 0) is 0 Å². The third kappa shape index (κ3) is 3.22. The first-order valence-electron chi connectivity index (χ1n) is 4.30. The number of alkyl halides is 3. The van der Waals surface area contributed by atoms with E-state index < -0.39 is 11.3 Å². The van der Waals surface area contributed by atoms with Crippen molar-refractivity contribution in [2.45, 2.75) is 20.0 Å². The molecule has 0 spiro atoms. The summed E-state index contributed by atoms with van der Waals surface area (Å²) in [6, 6.07) is 3.25. The minimum absolute atomic E-state index is 0.208. The number of hydrogen-bond acceptors (Lipinski definition) is 1. The Balaban J connectivity index is 3.21. The Morgan fingerprint density at radius 2 is 1.81 bits per heavy atom. The molecule has 0 aliphatic heterocycles. The van der Waals surface area contributed by atoms with Gasteiger partial charge in [0.25, 0.3) is 0 Å². The normalized spacial score (nSPS) is 13.1. The maximum Gasteiger partial charge on any atom is 0.444 e. The first kappa shape index (κ1) is 13.5. The maximum atomic E-state index is 12.2. The van der Waals surface area contributed by atoms with E-state index in [0.29, 0.717) is 10.0 Å². The van der Waals surface area contributed by atoms with E-state index >= 15 is 0 Å². The van der Waals surface area contributed by atoms with E-state index in [1.807, 2.05) is 6.92 Å². The number of halogens is 5. The lowest BCUT2D eigenvalue weighted by atomic mass is 10.1. The van der Waals surface area contributed by atoms with Crippen molar-refractivity contribution < 1.29 is 13.2 Å². The van der Waals surface area contributed by atoms with Crippen LogP contribution in [0.4, 0.5) is 18.9 Å². The predicted octanol–water partition coefficient (Wildman–Crippen LogP) is 4.90. The second kappa shape index (κ2) is 4.75. The fourth-order valence-corrected chi connectivity index (χ4v) is 1.53. The molecule has 0 N–H and O–H groups in total. The molecule has 0 aliphatic carbocycles. The van der Waals surface area contributed by atoms with Crippen LogP contribution in [0, 0.1) is 13.8 Å². The fraction of sp³-hybridized carbons (Fsp3) is 0.300. The Kier molecular flexibility index (Phi) is 4.02. The SMILES string of the molecule is Cc1cc(C)c(N=C(Cl)C(F)(F)F)cc1Br. The Hall–Kier alpha value is -0.550. The van der Waals surface area contributed by atoms with E-state index in [1.165, 1.54) is 6.07 Å². The number of nitrogens with zero attached hydrogens (tertiary/aromatic N) is 1. The number of aliphatic imine (C=N–C) groups is 1. The quantitative estimate of drug-likeness (QED) is 0.654. The van der Waals surface area contributed by atoms with Gasteiger partial charge in [-0.3, -0.25) is 0 Å². The lowest BCUT2D eigenvalue weighted by Crippen LogP contribution is -2.16. The van der Waals surface area contributed by atoms with Gasteiger partial charge in [0.15, 0.2) is 0 Å². The van der Waals surface area contributed by atoms with Crippen molar-refractivity contribution >= 4 is 38.4 Å². The van der Waals surface area contributed by atoms with Gasteiger partial charge in [-0.15, -0.1) is 0 Å². The Morgan fingerprint density at radius 3 is 2.31 bits per heavy atom. The van der Waals surface area contributed by atoms with Gasteiger partial charge in [0.2, 0.25) is 5.17 Å². The largest absolute Gasteiger partial charge is 0.444 e. The maximum absolute atomic E-state index is 12.2. The first-order chi connectivity index (χ1) is 7.21. The minimum atomic E-state index is -4.61. The predicted molar refractivity (Wildman–Crippen MR) is 62.6 cm³/mol. The fourth-order valence-electron chi connectivity index (χ4n) is 1.10. The number of aryl methyl sites for hydroxylation is 2. The van der Waals surface area contributed by atoms with E-state index in [-0.39, 0.29) is 5.69 Å². The highest BCUT2D eigenvalue weighted by Crippen LogP contribution is 2.30. The average molecular weight is 315 g/mol. The third-order valence-electron chi connectivity index (χ3n) is 1.93. The molecule has 16 heavy (non-hydrogen) atoms. The molecule has 1 rings (SSSR count). The summed E-state index contributed by atoms with van der Waals surface area (Å²) >= 11 is 8.29. The number of benzene rings is 1. The van der Waals surface area contributed by atoms with Gasteiger partial charge in [-0.25, -0.2) is 4.99 Å². The van der Waals surface area contributed by atoms with Gasteiger partial charge in [0.05, 0.1) is 5.69 Å². The second-order valence-electron chi connectivity index (χ2n) is 3.29. The van der Waals surface area contributed by atoms with Gasteiger partial charge in [0.1, 0.15) is 0 Å². The third-order valence-corrected chi connectivity index (χ3v) is 3.08. The van der Waals surface area contributed by atoms with E-state index in [2.05, 4.69) is 20.9 Å². The molecular formula is C10H8BrClF3N. The van der Waals surface area contributed by atoms with Crippen LogP contribution < -0.4 is 0 Å². The van der Waals surface area contributed by atoms with Crippen molar-refractivity contribution in [3.05, 3.63) is 27.7 Å². The van der Waals surface area contributed by atoms with Crippen molar-refractivity contribution in [1.82, 2.24) is 0 Å². The summed E-state index contributed by atoms with van der Waals surface area (Å²) in [6.07, 6.45) is -4.61. The number of rotatable bonds is 1. The molecule has 0 saturated carbocycles. The number of hydrogen-bond donors (Lipinski definition) is 0. The molecule has 6 heteroatoms. The topological polar surface area (TPSA) is 12.4 Å². The zero-order valence-electron chi connectivity index (χ0n) is 8.49. The molecule has 0 aromatic heterocycles. The summed E-state index contributed by atoms with van der Waals surface area (Å²) in [7, 11) is 0. The van der Waals surface area contributed by atoms with E-state index in [4.69, 9.17) is 11.6 Å². The van der Waals surface area contributed by atoms with Crippen LogP contribution in [0.2, 0.25) is 0 Å². The van der Waals surface area contributed by atoms with E-state index in [0.717, 1.165) is 5.56 Å². The Labute approximate surface area is 104 Å². The van der Waals surface area contributed by atoms with Gasteiger partial charge in [-0.1, -0.05) is 33.6 Å². The van der Waals surface area contributed by atoms with Crippen LogP contribution in [-0.4, -0.2) is 11.3 Å². The van der Waals surface area contributed by atoms with Crippen LogP contribution in [0.25, 0.3) is 0 Å². The van der Waals surface area contributed by atoms with Gasteiger partial charge in [-0.2, -0.15) is 13.2 Å². The van der Waals surface area contributed by atoms with Crippen LogP contribution in [0.5, 0.6) is 0 Å². The van der Waals surface area contributed by atoms with Crippen molar-refractivity contribution in [2.24, 2.45) is 4.99 Å². The summed E-state index contributed by atoms with van der Waals surface area (Å²) in [5.41, 5.74) is 1.78. The second-order valence-corrected chi connectivity index (χ2v) is 4.50. The molecule has 0 unspecified atom stereocenters. The molecule has 1 aromatic rings. The lowest BCUT2D eigenvalue weighted by molar-refractivity contribution is -0.0558. The van der Waals surface area contributed by atoms with Gasteiger partial charge in [0, 0.05) is 4.47 Å². The molecule has 0 radical (unpaired) electrons. The van der Waals surface area contributed by atoms with Crippen molar-refractivity contribution in [2.75, 3.05) is 0 Å². The summed E-state index contributed by atoms with van der Waals surface area (Å²) in [4.78, 5) is 3.36.